The summed E-state index contributed by atoms with van der Waals surface area (Å²) in [5.74, 6) is 1.99. The number of amides is 1. The summed E-state index contributed by atoms with van der Waals surface area (Å²) in [7, 11) is 4.12. The summed E-state index contributed by atoms with van der Waals surface area (Å²) in [5.41, 5.74) is 4.36. The molecule has 2 aromatic rings. The van der Waals surface area contributed by atoms with Crippen molar-refractivity contribution in [1.29, 1.82) is 0 Å². The number of fused-ring (bicyclic) bond motifs is 1. The summed E-state index contributed by atoms with van der Waals surface area (Å²) in [6.45, 7) is 2.70. The minimum atomic E-state index is -0.115. The Morgan fingerprint density at radius 3 is 2.59 bits per heavy atom. The van der Waals surface area contributed by atoms with E-state index in [1.165, 1.54) is 64.1 Å². The number of carbonyl (C=O) groups excluding carboxylic acids is 1. The van der Waals surface area contributed by atoms with Gasteiger partial charge in [0.05, 0.1) is 7.11 Å². The zero-order chi connectivity index (χ0) is 22.0. The van der Waals surface area contributed by atoms with Gasteiger partial charge < -0.3 is 20.1 Å². The van der Waals surface area contributed by atoms with E-state index in [4.69, 9.17) is 9.84 Å². The van der Waals surface area contributed by atoms with Gasteiger partial charge in [-0.05, 0) is 92.7 Å². The third-order valence-corrected chi connectivity index (χ3v) is 7.51. The van der Waals surface area contributed by atoms with Crippen molar-refractivity contribution in [2.24, 2.45) is 5.92 Å². The Morgan fingerprint density at radius 2 is 1.91 bits per heavy atom. The number of phenols is 1. The molecule has 5 rings (SSSR count). The number of phenolic OH excluding ortho intramolecular Hbond substituents is 1. The molecule has 0 radical (unpaired) electrons. The summed E-state index contributed by atoms with van der Waals surface area (Å²) in [6, 6.07) is 13.9. The van der Waals surface area contributed by atoms with Crippen molar-refractivity contribution in [1.82, 2.24) is 4.90 Å². The molecule has 1 saturated heterocycles. The summed E-state index contributed by atoms with van der Waals surface area (Å²) >= 11 is 0. The normalized spacial score (nSPS) is 25.7. The van der Waals surface area contributed by atoms with Crippen molar-refractivity contribution in [3.63, 3.8) is 0 Å². The number of benzene rings is 2. The fourth-order valence-electron chi connectivity index (χ4n) is 6.05. The number of nitrogens with zero attached hydrogens (tertiary/aromatic N) is 1. The number of likely N-dealkylation sites (tertiary alicyclic amines) is 1. The van der Waals surface area contributed by atoms with Gasteiger partial charge in [-0.25, -0.2) is 0 Å². The predicted molar refractivity (Wildman–Crippen MR) is 134 cm³/mol. The molecule has 0 aromatic heterocycles. The number of likely N-dealkylation sites (N-methyl/N-ethyl adjacent to an activating group) is 1. The van der Waals surface area contributed by atoms with E-state index in [2.05, 4.69) is 35.5 Å². The van der Waals surface area contributed by atoms with Gasteiger partial charge in [-0.3, -0.25) is 4.79 Å². The lowest BCUT2D eigenvalue weighted by Crippen LogP contribution is -2.59. The van der Waals surface area contributed by atoms with E-state index < -0.39 is 0 Å². The van der Waals surface area contributed by atoms with Gasteiger partial charge in [0.1, 0.15) is 11.5 Å². The molecule has 1 saturated carbocycles. The molecule has 2 fully saturated rings. The summed E-state index contributed by atoms with van der Waals surface area (Å²) in [4.78, 5) is 13.2. The number of rotatable bonds is 2. The number of halogens is 1. The van der Waals surface area contributed by atoms with Crippen LogP contribution in [0.15, 0.2) is 42.5 Å². The van der Waals surface area contributed by atoms with Gasteiger partial charge >= 0.3 is 0 Å². The number of anilines is 1. The molecule has 2 N–H and O–H groups in total. The number of ether oxygens (including phenoxy) is 1. The van der Waals surface area contributed by atoms with Gasteiger partial charge in [0.25, 0.3) is 0 Å². The molecule has 0 unspecified atom stereocenters. The molecule has 3 aliphatic rings. The number of hydrogen-bond acceptors (Lipinski definition) is 4. The average molecular weight is 503 g/mol. The second-order valence-corrected chi connectivity index (χ2v) is 9.26. The number of methoxy groups -OCH3 is 1. The van der Waals surface area contributed by atoms with Crippen molar-refractivity contribution in [3.05, 3.63) is 53.6 Å². The van der Waals surface area contributed by atoms with Crippen molar-refractivity contribution >= 4 is 28.6 Å². The van der Waals surface area contributed by atoms with Crippen molar-refractivity contribution in [2.45, 2.75) is 56.9 Å². The highest BCUT2D eigenvalue weighted by Crippen LogP contribution is 2.55. The highest BCUT2D eigenvalue weighted by molar-refractivity contribution is 8.93. The average Bonchev–Trinajstić information content (AvgIpc) is 2.78. The maximum atomic E-state index is 10.5. The number of aromatic hydroxyl groups is 1. The molecule has 3 atom stereocenters. The van der Waals surface area contributed by atoms with Crippen LogP contribution >= 0.6 is 17.0 Å². The van der Waals surface area contributed by atoms with Gasteiger partial charge in [0.15, 0.2) is 0 Å². The van der Waals surface area contributed by atoms with Crippen LogP contribution in [0.3, 0.4) is 0 Å². The van der Waals surface area contributed by atoms with Crippen molar-refractivity contribution < 1.29 is 14.6 Å². The van der Waals surface area contributed by atoms with Crippen LogP contribution in [0.4, 0.5) is 5.69 Å². The van der Waals surface area contributed by atoms with Crippen LogP contribution in [-0.4, -0.2) is 42.7 Å². The Bertz CT molecular complexity index is 933. The first-order chi connectivity index (χ1) is 14.9. The third-order valence-electron chi connectivity index (χ3n) is 7.51. The molecule has 1 heterocycles. The van der Waals surface area contributed by atoms with E-state index >= 15 is 0 Å². The summed E-state index contributed by atoms with van der Waals surface area (Å²) < 4.78 is 5.51. The minimum Gasteiger partial charge on any atom is -0.508 e. The highest BCUT2D eigenvalue weighted by atomic mass is 79.9. The molecular weight excluding hydrogens is 468 g/mol. The molecule has 2 aliphatic carbocycles. The number of carbonyl (C=O) groups is 1. The van der Waals surface area contributed by atoms with Gasteiger partial charge in [0.2, 0.25) is 5.91 Å². The van der Waals surface area contributed by atoms with Crippen LogP contribution in [0.25, 0.3) is 0 Å². The lowest BCUT2D eigenvalue weighted by Gasteiger charge is -2.58. The smallest absolute Gasteiger partial charge is 0.221 e. The highest BCUT2D eigenvalue weighted by Gasteiger charge is 2.53. The fourth-order valence-corrected chi connectivity index (χ4v) is 6.05. The molecule has 1 aliphatic heterocycles. The predicted octanol–water partition coefficient (Wildman–Crippen LogP) is 5.31. The zero-order valence-electron chi connectivity index (χ0n) is 19.3. The lowest BCUT2D eigenvalue weighted by atomic mass is 9.52. The number of nitrogens with one attached hydrogen (secondary N) is 1. The van der Waals surface area contributed by atoms with E-state index in [9.17, 15) is 4.79 Å². The van der Waals surface area contributed by atoms with Gasteiger partial charge in [-0.15, -0.1) is 17.0 Å². The number of hydrogen-bond donors (Lipinski definition) is 2. The SMILES string of the molecule is Br.CC(=O)Nc1ccc(O)cc1.COc1ccc2c(c1)[C@@]13CCCC[C@@H]1[C@@H](C2)N(C)CC3. The van der Waals surface area contributed by atoms with Crippen LogP contribution in [0, 0.1) is 5.92 Å². The lowest BCUT2D eigenvalue weighted by molar-refractivity contribution is -0.114. The molecule has 1 amide bonds. The van der Waals surface area contributed by atoms with Crippen LogP contribution in [0.5, 0.6) is 11.5 Å². The number of piperidine rings is 1. The van der Waals surface area contributed by atoms with Gasteiger partial charge in [0, 0.05) is 24.1 Å². The molecule has 174 valence electrons. The molecule has 6 heteroatoms. The van der Waals surface area contributed by atoms with Crippen LogP contribution in [0.2, 0.25) is 0 Å². The summed E-state index contributed by atoms with van der Waals surface area (Å²) in [6.07, 6.45) is 8.22. The minimum absolute atomic E-state index is 0. The first kappa shape index (κ1) is 24.6. The first-order valence-corrected chi connectivity index (χ1v) is 11.4. The van der Waals surface area contributed by atoms with E-state index in [-0.39, 0.29) is 28.6 Å². The molecule has 5 nitrogen and oxygen atoms in total. The quantitative estimate of drug-likeness (QED) is 0.546. The van der Waals surface area contributed by atoms with Crippen molar-refractivity contribution in [2.75, 3.05) is 26.0 Å². The van der Waals surface area contributed by atoms with E-state index in [1.54, 1.807) is 30.4 Å². The first-order valence-electron chi connectivity index (χ1n) is 11.4. The van der Waals surface area contributed by atoms with Gasteiger partial charge in [-0.1, -0.05) is 18.9 Å². The second kappa shape index (κ2) is 10.3. The Morgan fingerprint density at radius 1 is 1.16 bits per heavy atom. The third kappa shape index (κ3) is 4.81. The Hall–Kier alpha value is -2.05. The fraction of sp³-hybridized carbons (Fsp3) is 0.500. The standard InChI is InChI=1S/C18H25NO.C8H9NO2.BrH/c1-19-10-9-18-8-4-3-5-15(18)17(19)11-13-6-7-14(20-2)12-16(13)18;1-6(10)9-7-2-4-8(11)5-3-7;/h6-7,12,15,17H,3-5,8-11H2,1-2H3;2-5,11H,1H3,(H,9,10);1H/t15-,17-,18-;;/m1../s1. The van der Waals surface area contributed by atoms with E-state index in [1.807, 2.05) is 0 Å². The van der Waals surface area contributed by atoms with E-state index in [0.29, 0.717) is 11.1 Å². The Balaban J connectivity index is 0.000000207. The van der Waals surface area contributed by atoms with Gasteiger partial charge in [-0.2, -0.15) is 0 Å². The zero-order valence-corrected chi connectivity index (χ0v) is 21.0. The van der Waals surface area contributed by atoms with Crippen molar-refractivity contribution in [3.8, 4) is 11.5 Å². The molecular formula is C26H35BrN2O3. The maximum Gasteiger partial charge on any atom is 0.221 e. The van der Waals surface area contributed by atoms with Crippen LogP contribution in [-0.2, 0) is 16.6 Å². The molecule has 2 bridgehead atoms. The summed E-state index contributed by atoms with van der Waals surface area (Å²) in [5, 5.41) is 11.5. The van der Waals surface area contributed by atoms with E-state index in [0.717, 1.165) is 17.7 Å². The second-order valence-electron chi connectivity index (χ2n) is 9.26. The largest absolute Gasteiger partial charge is 0.508 e. The monoisotopic (exact) mass is 502 g/mol. The Kier molecular flexibility index (Phi) is 7.88. The maximum absolute atomic E-state index is 10.5. The van der Waals surface area contributed by atoms with Crippen LogP contribution in [0.1, 0.15) is 50.2 Å². The topological polar surface area (TPSA) is 61.8 Å². The molecule has 0 spiro atoms. The molecule has 2 aromatic carbocycles. The molecule has 32 heavy (non-hydrogen) atoms. The Labute approximate surface area is 201 Å². The van der Waals surface area contributed by atoms with Crippen LogP contribution < -0.4 is 10.1 Å².